The first kappa shape index (κ1) is 12.7. The molecule has 0 aromatic carbocycles. The molecule has 84 valence electrons. The largest absolute Gasteiger partial charge is 0.321 e. The maximum Gasteiger partial charge on any atom is 0.155 e. The number of thiophene rings is 1. The average Bonchev–Trinajstić information content (AvgIpc) is 2.48. The second-order valence-corrected chi connectivity index (χ2v) is 6.49. The van der Waals surface area contributed by atoms with Gasteiger partial charge in [0.1, 0.15) is 0 Å². The van der Waals surface area contributed by atoms with Crippen LogP contribution >= 0.6 is 22.9 Å². The Balaban J connectivity index is 2.64. The smallest absolute Gasteiger partial charge is 0.155 e. The van der Waals surface area contributed by atoms with Crippen molar-refractivity contribution in [1.29, 1.82) is 0 Å². The minimum atomic E-state index is -0.418. The van der Waals surface area contributed by atoms with Crippen molar-refractivity contribution >= 4 is 28.7 Å². The van der Waals surface area contributed by atoms with Crippen molar-refractivity contribution in [3.05, 3.63) is 21.3 Å². The number of ketones is 1. The number of halogens is 1. The number of nitrogens with two attached hydrogens (primary N) is 1. The van der Waals surface area contributed by atoms with Gasteiger partial charge in [0.2, 0.25) is 0 Å². The number of hydrogen-bond donors (Lipinski definition) is 1. The quantitative estimate of drug-likeness (QED) is 0.890. The zero-order chi connectivity index (χ0) is 11.6. The zero-order valence-corrected chi connectivity index (χ0v) is 10.8. The lowest BCUT2D eigenvalue weighted by molar-refractivity contribution is -0.121. The number of hydrogen-bond acceptors (Lipinski definition) is 3. The highest BCUT2D eigenvalue weighted by Gasteiger charge is 2.27. The van der Waals surface area contributed by atoms with E-state index in [-0.39, 0.29) is 11.2 Å². The summed E-state index contributed by atoms with van der Waals surface area (Å²) in [5, 5.41) is 0. The molecule has 0 aliphatic heterocycles. The van der Waals surface area contributed by atoms with Crippen LogP contribution in [0.1, 0.15) is 25.6 Å². The minimum absolute atomic E-state index is 0.0704. The molecule has 1 rings (SSSR count). The highest BCUT2D eigenvalue weighted by Crippen LogP contribution is 2.24. The topological polar surface area (TPSA) is 43.1 Å². The maximum atomic E-state index is 11.8. The molecular weight excluding hydrogens is 230 g/mol. The summed E-state index contributed by atoms with van der Waals surface area (Å²) in [4.78, 5) is 12.8. The Labute approximate surface area is 99.4 Å². The third-order valence-corrected chi connectivity index (χ3v) is 3.49. The molecule has 0 spiro atoms. The standard InChI is InChI=1S/C11H16ClNOS/c1-11(2,3)10(13)8(14)6-7-4-5-9(12)15-7/h4-5,10H,6,13H2,1-3H3. The Hall–Kier alpha value is -0.380. The van der Waals surface area contributed by atoms with Crippen LogP contribution in [-0.4, -0.2) is 11.8 Å². The third-order valence-electron chi connectivity index (χ3n) is 2.26. The van der Waals surface area contributed by atoms with Gasteiger partial charge in [-0.15, -0.1) is 11.3 Å². The van der Waals surface area contributed by atoms with Crippen LogP contribution in [0.15, 0.2) is 12.1 Å². The fraction of sp³-hybridized carbons (Fsp3) is 0.545. The van der Waals surface area contributed by atoms with Gasteiger partial charge in [-0.25, -0.2) is 0 Å². The van der Waals surface area contributed by atoms with Crippen molar-refractivity contribution in [2.45, 2.75) is 33.2 Å². The molecule has 0 aliphatic rings. The molecular formula is C11H16ClNOS. The molecule has 2 nitrogen and oxygen atoms in total. The number of carbonyl (C=O) groups excluding carboxylic acids is 1. The molecule has 0 fully saturated rings. The van der Waals surface area contributed by atoms with E-state index < -0.39 is 6.04 Å². The van der Waals surface area contributed by atoms with Crippen LogP contribution in [0, 0.1) is 5.41 Å². The van der Waals surface area contributed by atoms with E-state index in [0.29, 0.717) is 10.8 Å². The molecule has 0 radical (unpaired) electrons. The van der Waals surface area contributed by atoms with Gasteiger partial charge in [-0.2, -0.15) is 0 Å². The Morgan fingerprint density at radius 1 is 1.53 bits per heavy atom. The van der Waals surface area contributed by atoms with Gasteiger partial charge in [0.15, 0.2) is 5.78 Å². The summed E-state index contributed by atoms with van der Waals surface area (Å²) in [6, 6.07) is 3.26. The van der Waals surface area contributed by atoms with Crippen LogP contribution in [0.2, 0.25) is 4.34 Å². The highest BCUT2D eigenvalue weighted by atomic mass is 35.5. The first-order valence-corrected chi connectivity index (χ1v) is 6.02. The Bertz CT molecular complexity index is 354. The lowest BCUT2D eigenvalue weighted by Gasteiger charge is -2.25. The van der Waals surface area contributed by atoms with E-state index in [0.717, 1.165) is 4.88 Å². The van der Waals surface area contributed by atoms with E-state index in [9.17, 15) is 4.79 Å². The summed E-state index contributed by atoms with van der Waals surface area (Å²) >= 11 is 7.22. The SMILES string of the molecule is CC(C)(C)C(N)C(=O)Cc1ccc(Cl)s1. The molecule has 0 amide bonds. The lowest BCUT2D eigenvalue weighted by Crippen LogP contribution is -2.42. The van der Waals surface area contributed by atoms with Crippen LogP contribution in [0.4, 0.5) is 0 Å². The van der Waals surface area contributed by atoms with E-state index in [1.807, 2.05) is 26.8 Å². The van der Waals surface area contributed by atoms with E-state index >= 15 is 0 Å². The molecule has 0 bridgehead atoms. The van der Waals surface area contributed by atoms with Gasteiger partial charge in [0, 0.05) is 11.3 Å². The first-order chi connectivity index (χ1) is 6.80. The van der Waals surface area contributed by atoms with Gasteiger partial charge in [0.25, 0.3) is 0 Å². The molecule has 0 aliphatic carbocycles. The average molecular weight is 246 g/mol. The Kier molecular flexibility index (Phi) is 3.93. The lowest BCUT2D eigenvalue weighted by atomic mass is 9.84. The van der Waals surface area contributed by atoms with Gasteiger partial charge in [-0.05, 0) is 17.5 Å². The van der Waals surface area contributed by atoms with Gasteiger partial charge in [-0.3, -0.25) is 4.79 Å². The van der Waals surface area contributed by atoms with Crippen molar-refractivity contribution in [2.24, 2.45) is 11.1 Å². The van der Waals surface area contributed by atoms with Crippen LogP contribution in [0.25, 0.3) is 0 Å². The number of carbonyl (C=O) groups is 1. The molecule has 1 atom stereocenters. The minimum Gasteiger partial charge on any atom is -0.321 e. The van der Waals surface area contributed by atoms with Crippen LogP contribution < -0.4 is 5.73 Å². The molecule has 1 aromatic heterocycles. The second-order valence-electron chi connectivity index (χ2n) is 4.69. The molecule has 2 N–H and O–H groups in total. The predicted molar refractivity (Wildman–Crippen MR) is 65.5 cm³/mol. The molecule has 1 unspecified atom stereocenters. The first-order valence-electron chi connectivity index (χ1n) is 4.83. The zero-order valence-electron chi connectivity index (χ0n) is 9.21. The molecule has 1 heterocycles. The van der Waals surface area contributed by atoms with Crippen LogP contribution in [0.5, 0.6) is 0 Å². The molecule has 15 heavy (non-hydrogen) atoms. The van der Waals surface area contributed by atoms with Crippen molar-refractivity contribution in [3.8, 4) is 0 Å². The molecule has 0 saturated carbocycles. The number of rotatable bonds is 3. The molecule has 1 aromatic rings. The Morgan fingerprint density at radius 2 is 2.13 bits per heavy atom. The summed E-state index contributed by atoms with van der Waals surface area (Å²) < 4.78 is 0.710. The van der Waals surface area contributed by atoms with Gasteiger partial charge in [-0.1, -0.05) is 32.4 Å². The van der Waals surface area contributed by atoms with Gasteiger partial charge in [0.05, 0.1) is 10.4 Å². The summed E-state index contributed by atoms with van der Waals surface area (Å²) in [7, 11) is 0. The van der Waals surface area contributed by atoms with E-state index in [1.165, 1.54) is 11.3 Å². The second kappa shape index (κ2) is 4.64. The van der Waals surface area contributed by atoms with Crippen molar-refractivity contribution in [2.75, 3.05) is 0 Å². The monoisotopic (exact) mass is 245 g/mol. The molecule has 4 heteroatoms. The van der Waals surface area contributed by atoms with Gasteiger partial charge >= 0.3 is 0 Å². The Morgan fingerprint density at radius 3 is 2.53 bits per heavy atom. The van der Waals surface area contributed by atoms with Crippen LogP contribution in [-0.2, 0) is 11.2 Å². The fourth-order valence-electron chi connectivity index (χ4n) is 1.21. The summed E-state index contributed by atoms with van der Waals surface area (Å²) in [6.45, 7) is 5.91. The normalized spacial score (nSPS) is 13.9. The summed E-state index contributed by atoms with van der Waals surface area (Å²) in [5.74, 6) is 0.0704. The van der Waals surface area contributed by atoms with E-state index in [1.54, 1.807) is 6.07 Å². The van der Waals surface area contributed by atoms with E-state index in [2.05, 4.69) is 0 Å². The maximum absolute atomic E-state index is 11.8. The fourth-order valence-corrected chi connectivity index (χ4v) is 2.31. The van der Waals surface area contributed by atoms with Gasteiger partial charge < -0.3 is 5.73 Å². The van der Waals surface area contributed by atoms with Crippen molar-refractivity contribution in [1.82, 2.24) is 0 Å². The molecule has 0 saturated heterocycles. The van der Waals surface area contributed by atoms with E-state index in [4.69, 9.17) is 17.3 Å². The van der Waals surface area contributed by atoms with Crippen molar-refractivity contribution in [3.63, 3.8) is 0 Å². The predicted octanol–water partition coefficient (Wildman–Crippen LogP) is 2.89. The van der Waals surface area contributed by atoms with Crippen molar-refractivity contribution < 1.29 is 4.79 Å². The third kappa shape index (κ3) is 3.59. The number of Topliss-reactive ketones (excluding diaryl/α,β-unsaturated/α-hetero) is 1. The highest BCUT2D eigenvalue weighted by molar-refractivity contribution is 7.16. The summed E-state index contributed by atoms with van der Waals surface area (Å²) in [6.07, 6.45) is 0.385. The summed E-state index contributed by atoms with van der Waals surface area (Å²) in [5.41, 5.74) is 5.69. The van der Waals surface area contributed by atoms with Crippen LogP contribution in [0.3, 0.4) is 0 Å².